The normalized spacial score (nSPS) is 21.3. The van der Waals surface area contributed by atoms with E-state index < -0.39 is 0 Å². The van der Waals surface area contributed by atoms with Crippen LogP contribution in [0.5, 0.6) is 5.75 Å². The number of carbonyl (C=O) groups is 1. The molecule has 1 aromatic heterocycles. The Kier molecular flexibility index (Phi) is 9.22. The maximum absolute atomic E-state index is 13.0. The highest BCUT2D eigenvalue weighted by atomic mass is 16.5. The van der Waals surface area contributed by atoms with Crippen LogP contribution in [0.4, 0.5) is 0 Å². The predicted octanol–water partition coefficient (Wildman–Crippen LogP) is 1.94. The molecule has 0 saturated carbocycles. The Bertz CT molecular complexity index is 889. The van der Waals surface area contributed by atoms with Crippen molar-refractivity contribution in [1.82, 2.24) is 24.8 Å². The number of likely N-dealkylation sites (N-methyl/N-ethyl adjacent to an activating group) is 1. The van der Waals surface area contributed by atoms with Crippen LogP contribution in [-0.4, -0.2) is 81.8 Å². The zero-order valence-electron chi connectivity index (χ0n) is 20.2. The van der Waals surface area contributed by atoms with Crippen molar-refractivity contribution in [2.24, 2.45) is 5.92 Å². The summed E-state index contributed by atoms with van der Waals surface area (Å²) in [5, 5.41) is 18.1. The highest BCUT2D eigenvalue weighted by molar-refractivity contribution is 5.76. The van der Waals surface area contributed by atoms with E-state index in [0.29, 0.717) is 45.6 Å². The zero-order chi connectivity index (χ0) is 23.8. The molecule has 3 rings (SSSR count). The Balaban J connectivity index is 1.77. The molecule has 1 aromatic carbocycles. The summed E-state index contributed by atoms with van der Waals surface area (Å²) in [6.07, 6.45) is 2.83. The maximum atomic E-state index is 13.0. The number of benzene rings is 1. The molecule has 9 heteroatoms. The molecule has 3 atom stereocenters. The summed E-state index contributed by atoms with van der Waals surface area (Å²) in [4.78, 5) is 17.0. The number of aliphatic hydroxyl groups excluding tert-OH is 1. The smallest absolute Gasteiger partial charge is 0.222 e. The lowest BCUT2D eigenvalue weighted by Gasteiger charge is -2.35. The van der Waals surface area contributed by atoms with Crippen molar-refractivity contribution in [3.63, 3.8) is 0 Å². The van der Waals surface area contributed by atoms with E-state index in [9.17, 15) is 9.90 Å². The fraction of sp³-hybridized carbons (Fsp3) is 0.625. The van der Waals surface area contributed by atoms with Crippen LogP contribution >= 0.6 is 0 Å². The van der Waals surface area contributed by atoms with Crippen molar-refractivity contribution in [1.29, 1.82) is 0 Å². The highest BCUT2D eigenvalue weighted by Gasteiger charge is 2.28. The topological polar surface area (TPSA) is 93.0 Å². The number of fused-ring (bicyclic) bond motifs is 2. The molecule has 1 N–H and O–H groups in total. The second kappa shape index (κ2) is 12.1. The number of rotatable bonds is 7. The van der Waals surface area contributed by atoms with Crippen LogP contribution in [0.25, 0.3) is 0 Å². The second-order valence-corrected chi connectivity index (χ2v) is 8.99. The highest BCUT2D eigenvalue weighted by Crippen LogP contribution is 2.21. The van der Waals surface area contributed by atoms with Crippen molar-refractivity contribution in [2.45, 2.75) is 58.5 Å². The number of para-hydroxylation sites is 1. The zero-order valence-corrected chi connectivity index (χ0v) is 20.2. The second-order valence-electron chi connectivity index (χ2n) is 8.99. The van der Waals surface area contributed by atoms with Gasteiger partial charge in [-0.05, 0) is 26.5 Å². The van der Waals surface area contributed by atoms with E-state index in [-0.39, 0.29) is 30.6 Å². The largest absolute Gasteiger partial charge is 0.496 e. The van der Waals surface area contributed by atoms with Crippen molar-refractivity contribution in [3.05, 3.63) is 41.7 Å². The van der Waals surface area contributed by atoms with Gasteiger partial charge in [-0.15, -0.1) is 5.10 Å². The lowest BCUT2D eigenvalue weighted by molar-refractivity contribution is -0.136. The molecule has 9 nitrogen and oxygen atoms in total. The SMILES string of the molecule is COc1ccccc1CN(C)C[C@H]1OCc2cn(nn2)CCCC(=O)N([C@@H](C)CO)C[C@H]1C. The molecule has 1 aliphatic rings. The van der Waals surface area contributed by atoms with Gasteiger partial charge in [0.1, 0.15) is 11.4 Å². The Morgan fingerprint density at radius 1 is 1.36 bits per heavy atom. The Morgan fingerprint density at radius 2 is 2.15 bits per heavy atom. The number of hydrogen-bond acceptors (Lipinski definition) is 7. The van der Waals surface area contributed by atoms with Crippen LogP contribution in [0.2, 0.25) is 0 Å². The van der Waals surface area contributed by atoms with Gasteiger partial charge in [0.15, 0.2) is 0 Å². The number of aliphatic hydroxyl groups is 1. The maximum Gasteiger partial charge on any atom is 0.222 e. The number of aryl methyl sites for hydroxylation is 1. The fourth-order valence-corrected chi connectivity index (χ4v) is 4.19. The minimum atomic E-state index is -0.241. The fourth-order valence-electron chi connectivity index (χ4n) is 4.19. The van der Waals surface area contributed by atoms with Gasteiger partial charge in [0.25, 0.3) is 0 Å². The van der Waals surface area contributed by atoms with E-state index >= 15 is 0 Å². The number of carbonyl (C=O) groups excluding carboxylic acids is 1. The molecule has 0 saturated heterocycles. The molecular formula is C24H37N5O4. The monoisotopic (exact) mass is 459 g/mol. The first-order valence-electron chi connectivity index (χ1n) is 11.6. The van der Waals surface area contributed by atoms with Crippen molar-refractivity contribution < 1.29 is 19.4 Å². The average Bonchev–Trinajstić information content (AvgIpc) is 3.27. The van der Waals surface area contributed by atoms with Crippen LogP contribution < -0.4 is 4.74 Å². The lowest BCUT2D eigenvalue weighted by atomic mass is 10.0. The van der Waals surface area contributed by atoms with E-state index in [1.165, 1.54) is 0 Å². The summed E-state index contributed by atoms with van der Waals surface area (Å²) in [5.41, 5.74) is 1.89. The minimum absolute atomic E-state index is 0.0455. The molecule has 1 aliphatic heterocycles. The summed E-state index contributed by atoms with van der Waals surface area (Å²) in [6, 6.07) is 7.75. The summed E-state index contributed by atoms with van der Waals surface area (Å²) in [6.45, 7) is 6.81. The van der Waals surface area contributed by atoms with Gasteiger partial charge in [-0.2, -0.15) is 0 Å². The molecule has 0 radical (unpaired) electrons. The van der Waals surface area contributed by atoms with E-state index in [0.717, 1.165) is 17.0 Å². The number of aromatic nitrogens is 3. The number of nitrogens with zero attached hydrogens (tertiary/aromatic N) is 5. The van der Waals surface area contributed by atoms with Gasteiger partial charge >= 0.3 is 0 Å². The Morgan fingerprint density at radius 3 is 2.91 bits per heavy atom. The molecular weight excluding hydrogens is 422 g/mol. The summed E-state index contributed by atoms with van der Waals surface area (Å²) in [5.74, 6) is 0.960. The molecule has 2 aromatic rings. The molecule has 0 unspecified atom stereocenters. The third kappa shape index (κ3) is 6.99. The molecule has 2 bridgehead atoms. The van der Waals surface area contributed by atoms with Gasteiger partial charge < -0.3 is 19.5 Å². The van der Waals surface area contributed by atoms with Crippen LogP contribution in [-0.2, 0) is 29.2 Å². The van der Waals surface area contributed by atoms with Gasteiger partial charge in [-0.25, -0.2) is 0 Å². The van der Waals surface area contributed by atoms with Crippen LogP contribution in [0, 0.1) is 5.92 Å². The van der Waals surface area contributed by atoms with Gasteiger partial charge in [-0.3, -0.25) is 14.4 Å². The number of methoxy groups -OCH3 is 1. The van der Waals surface area contributed by atoms with Crippen LogP contribution in [0.3, 0.4) is 0 Å². The molecule has 0 fully saturated rings. The van der Waals surface area contributed by atoms with E-state index in [2.05, 4.69) is 35.2 Å². The molecule has 0 aliphatic carbocycles. The van der Waals surface area contributed by atoms with E-state index in [4.69, 9.17) is 9.47 Å². The molecule has 33 heavy (non-hydrogen) atoms. The molecule has 182 valence electrons. The quantitative estimate of drug-likeness (QED) is 0.676. The van der Waals surface area contributed by atoms with Gasteiger partial charge in [-0.1, -0.05) is 30.3 Å². The van der Waals surface area contributed by atoms with Crippen molar-refractivity contribution in [2.75, 3.05) is 33.9 Å². The summed E-state index contributed by atoms with van der Waals surface area (Å²) < 4.78 is 13.6. The Labute approximate surface area is 196 Å². The number of ether oxygens (including phenoxy) is 2. The minimum Gasteiger partial charge on any atom is -0.496 e. The predicted molar refractivity (Wildman–Crippen MR) is 125 cm³/mol. The van der Waals surface area contributed by atoms with Gasteiger partial charge in [0.2, 0.25) is 5.91 Å². The standard InChI is InChI=1S/C24H37N5O4/c1-18-12-29(19(2)16-30)24(31)10-7-11-28-14-21(25-26-28)17-33-23(18)15-27(3)13-20-8-5-6-9-22(20)32-4/h5-6,8-9,14,18-19,23,30H,7,10-13,15-17H2,1-4H3/t18-,19+,23-/m1/s1. The van der Waals surface area contributed by atoms with Crippen molar-refractivity contribution >= 4 is 5.91 Å². The van der Waals surface area contributed by atoms with Crippen LogP contribution in [0.15, 0.2) is 30.5 Å². The third-order valence-corrected chi connectivity index (χ3v) is 6.17. The molecule has 1 amide bonds. The van der Waals surface area contributed by atoms with Gasteiger partial charge in [0.05, 0.1) is 38.7 Å². The average molecular weight is 460 g/mol. The first kappa shape index (κ1) is 25.1. The van der Waals surface area contributed by atoms with E-state index in [1.54, 1.807) is 16.7 Å². The first-order valence-corrected chi connectivity index (χ1v) is 11.6. The van der Waals surface area contributed by atoms with Crippen LogP contribution in [0.1, 0.15) is 37.9 Å². The molecule has 2 heterocycles. The summed E-state index contributed by atoms with van der Waals surface area (Å²) in [7, 11) is 3.74. The van der Waals surface area contributed by atoms with Gasteiger partial charge in [0, 0.05) is 44.1 Å². The summed E-state index contributed by atoms with van der Waals surface area (Å²) >= 11 is 0. The first-order chi connectivity index (χ1) is 15.9. The number of hydrogen-bond donors (Lipinski definition) is 1. The number of amides is 1. The lowest BCUT2D eigenvalue weighted by Crippen LogP contribution is -2.47. The molecule has 0 spiro atoms. The van der Waals surface area contributed by atoms with Crippen molar-refractivity contribution in [3.8, 4) is 5.75 Å². The third-order valence-electron chi connectivity index (χ3n) is 6.17. The van der Waals surface area contributed by atoms with E-state index in [1.807, 2.05) is 31.3 Å². The Hall–Kier alpha value is -2.49.